The third-order valence-electron chi connectivity index (χ3n) is 4.94. The van der Waals surface area contributed by atoms with Crippen molar-refractivity contribution in [2.24, 2.45) is 0 Å². The SMILES string of the molecule is CCOC(=O)c1ccc(N2CCN(C(C)=O)CC2)c(NC(=O)c2ccccc2F)c1. The lowest BCUT2D eigenvalue weighted by molar-refractivity contribution is -0.129. The summed E-state index contributed by atoms with van der Waals surface area (Å²) in [6.45, 7) is 5.71. The van der Waals surface area contributed by atoms with Crippen LogP contribution >= 0.6 is 0 Å². The van der Waals surface area contributed by atoms with Crippen molar-refractivity contribution in [1.82, 2.24) is 4.90 Å². The smallest absolute Gasteiger partial charge is 0.338 e. The van der Waals surface area contributed by atoms with Gasteiger partial charge in [0.1, 0.15) is 5.82 Å². The maximum atomic E-state index is 14.0. The Morgan fingerprint density at radius 2 is 1.77 bits per heavy atom. The summed E-state index contributed by atoms with van der Waals surface area (Å²) >= 11 is 0. The topological polar surface area (TPSA) is 79.0 Å². The second-order valence-electron chi connectivity index (χ2n) is 6.88. The van der Waals surface area contributed by atoms with Crippen molar-refractivity contribution < 1.29 is 23.5 Å². The van der Waals surface area contributed by atoms with Crippen LogP contribution in [0.5, 0.6) is 0 Å². The standard InChI is InChI=1S/C22H24FN3O4/c1-3-30-22(29)16-8-9-20(26-12-10-25(11-13-26)15(2)27)19(14-16)24-21(28)17-6-4-5-7-18(17)23/h4-9,14H,3,10-13H2,1-2H3,(H,24,28). The van der Waals surface area contributed by atoms with Gasteiger partial charge in [0.05, 0.1) is 29.1 Å². The van der Waals surface area contributed by atoms with Crippen molar-refractivity contribution in [1.29, 1.82) is 0 Å². The first kappa shape index (κ1) is 21.3. The molecule has 2 aromatic carbocycles. The minimum Gasteiger partial charge on any atom is -0.462 e. The molecule has 0 atom stereocenters. The van der Waals surface area contributed by atoms with Crippen LogP contribution in [0, 0.1) is 5.82 Å². The minimum atomic E-state index is -0.631. The Balaban J connectivity index is 1.90. The van der Waals surface area contributed by atoms with Crippen molar-refractivity contribution >= 4 is 29.2 Å². The predicted octanol–water partition coefficient (Wildman–Crippen LogP) is 2.92. The number of anilines is 2. The number of carbonyl (C=O) groups is 3. The molecule has 2 amide bonds. The second kappa shape index (κ2) is 9.39. The van der Waals surface area contributed by atoms with E-state index in [0.717, 1.165) is 0 Å². The lowest BCUT2D eigenvalue weighted by Gasteiger charge is -2.36. The maximum absolute atomic E-state index is 14.0. The lowest BCUT2D eigenvalue weighted by atomic mass is 10.1. The van der Waals surface area contributed by atoms with E-state index in [4.69, 9.17) is 4.74 Å². The molecule has 2 aromatic rings. The summed E-state index contributed by atoms with van der Waals surface area (Å²) in [6.07, 6.45) is 0. The molecule has 0 aromatic heterocycles. The van der Waals surface area contributed by atoms with Gasteiger partial charge in [-0.2, -0.15) is 0 Å². The fourth-order valence-electron chi connectivity index (χ4n) is 3.35. The zero-order valence-corrected chi connectivity index (χ0v) is 17.0. The first-order valence-corrected chi connectivity index (χ1v) is 9.78. The van der Waals surface area contributed by atoms with Crippen molar-refractivity contribution in [3.05, 3.63) is 59.4 Å². The molecule has 0 spiro atoms. The number of piperazine rings is 1. The minimum absolute atomic E-state index is 0.0142. The fraction of sp³-hybridized carbons (Fsp3) is 0.318. The van der Waals surface area contributed by atoms with E-state index in [1.165, 1.54) is 31.2 Å². The zero-order chi connectivity index (χ0) is 21.7. The van der Waals surface area contributed by atoms with Crippen LogP contribution in [-0.4, -0.2) is 55.5 Å². The molecule has 30 heavy (non-hydrogen) atoms. The van der Waals surface area contributed by atoms with Crippen LogP contribution in [0.1, 0.15) is 34.6 Å². The molecule has 1 aliphatic rings. The van der Waals surface area contributed by atoms with Gasteiger partial charge in [0, 0.05) is 33.1 Å². The van der Waals surface area contributed by atoms with Gasteiger partial charge in [0.25, 0.3) is 5.91 Å². The molecule has 0 radical (unpaired) electrons. The Morgan fingerprint density at radius 3 is 2.40 bits per heavy atom. The van der Waals surface area contributed by atoms with Crippen LogP contribution < -0.4 is 10.2 Å². The molecule has 8 heteroatoms. The third-order valence-corrected chi connectivity index (χ3v) is 4.94. The highest BCUT2D eigenvalue weighted by molar-refractivity contribution is 6.07. The van der Waals surface area contributed by atoms with Crippen molar-refractivity contribution in [2.45, 2.75) is 13.8 Å². The zero-order valence-electron chi connectivity index (χ0n) is 17.0. The molecule has 0 saturated carbocycles. The van der Waals surface area contributed by atoms with E-state index in [1.807, 2.05) is 4.90 Å². The average Bonchev–Trinajstić information content (AvgIpc) is 2.74. The molecule has 7 nitrogen and oxygen atoms in total. The van der Waals surface area contributed by atoms with E-state index in [9.17, 15) is 18.8 Å². The summed E-state index contributed by atoms with van der Waals surface area (Å²) in [5.41, 5.74) is 1.26. The monoisotopic (exact) mass is 413 g/mol. The van der Waals surface area contributed by atoms with Gasteiger partial charge in [0.2, 0.25) is 5.91 Å². The summed E-state index contributed by atoms with van der Waals surface area (Å²) in [4.78, 5) is 40.2. The van der Waals surface area contributed by atoms with Crippen LogP contribution in [0.3, 0.4) is 0 Å². The summed E-state index contributed by atoms with van der Waals surface area (Å²) in [7, 11) is 0. The quantitative estimate of drug-likeness (QED) is 0.763. The van der Waals surface area contributed by atoms with E-state index in [-0.39, 0.29) is 23.6 Å². The van der Waals surface area contributed by atoms with Gasteiger partial charge in [-0.15, -0.1) is 0 Å². The molecule has 3 rings (SSSR count). The molecule has 0 unspecified atom stereocenters. The number of carbonyl (C=O) groups excluding carboxylic acids is 3. The van der Waals surface area contributed by atoms with Crippen LogP contribution in [0.15, 0.2) is 42.5 Å². The number of nitrogens with one attached hydrogen (secondary N) is 1. The first-order valence-electron chi connectivity index (χ1n) is 9.78. The summed E-state index contributed by atoms with van der Waals surface area (Å²) in [5, 5.41) is 2.73. The van der Waals surface area contributed by atoms with Gasteiger partial charge in [0.15, 0.2) is 0 Å². The number of amides is 2. The Morgan fingerprint density at radius 1 is 1.07 bits per heavy atom. The van der Waals surface area contributed by atoms with Crippen molar-refractivity contribution in [3.8, 4) is 0 Å². The van der Waals surface area contributed by atoms with Gasteiger partial charge in [-0.05, 0) is 37.3 Å². The second-order valence-corrected chi connectivity index (χ2v) is 6.88. The molecule has 1 fully saturated rings. The number of hydrogen-bond donors (Lipinski definition) is 1. The Labute approximate surface area is 174 Å². The number of nitrogens with zero attached hydrogens (tertiary/aromatic N) is 2. The normalized spacial score (nSPS) is 13.7. The van der Waals surface area contributed by atoms with Gasteiger partial charge < -0.3 is 19.9 Å². The summed E-state index contributed by atoms with van der Waals surface area (Å²) in [5.74, 6) is -1.74. The van der Waals surface area contributed by atoms with E-state index < -0.39 is 17.7 Å². The molecule has 1 N–H and O–H groups in total. The molecule has 1 heterocycles. The lowest BCUT2D eigenvalue weighted by Crippen LogP contribution is -2.48. The van der Waals surface area contributed by atoms with E-state index >= 15 is 0 Å². The molecule has 158 valence electrons. The Hall–Kier alpha value is -3.42. The van der Waals surface area contributed by atoms with Crippen molar-refractivity contribution in [2.75, 3.05) is 43.0 Å². The average molecular weight is 413 g/mol. The highest BCUT2D eigenvalue weighted by Crippen LogP contribution is 2.29. The van der Waals surface area contributed by atoms with Gasteiger partial charge >= 0.3 is 5.97 Å². The maximum Gasteiger partial charge on any atom is 0.338 e. The number of halogens is 1. The van der Waals surface area contributed by atoms with Crippen LogP contribution in [0.4, 0.5) is 15.8 Å². The molecule has 0 bridgehead atoms. The highest BCUT2D eigenvalue weighted by Gasteiger charge is 2.23. The number of hydrogen-bond acceptors (Lipinski definition) is 5. The molecular formula is C22H24FN3O4. The number of esters is 1. The fourth-order valence-corrected chi connectivity index (χ4v) is 3.35. The summed E-state index contributed by atoms with van der Waals surface area (Å²) < 4.78 is 19.1. The van der Waals surface area contributed by atoms with Crippen LogP contribution in [0.25, 0.3) is 0 Å². The van der Waals surface area contributed by atoms with E-state index in [0.29, 0.717) is 37.6 Å². The molecule has 0 aliphatic carbocycles. The third kappa shape index (κ3) is 4.76. The van der Waals surface area contributed by atoms with Crippen LogP contribution in [0.2, 0.25) is 0 Å². The molecule has 1 saturated heterocycles. The Bertz CT molecular complexity index is 955. The molecular weight excluding hydrogens is 389 g/mol. The first-order chi connectivity index (χ1) is 14.4. The number of rotatable bonds is 5. The van der Waals surface area contributed by atoms with Gasteiger partial charge in [-0.1, -0.05) is 12.1 Å². The van der Waals surface area contributed by atoms with Crippen LogP contribution in [-0.2, 0) is 9.53 Å². The number of benzene rings is 2. The largest absolute Gasteiger partial charge is 0.462 e. The van der Waals surface area contributed by atoms with Gasteiger partial charge in [-0.3, -0.25) is 9.59 Å². The Kier molecular flexibility index (Phi) is 6.66. The predicted molar refractivity (Wildman–Crippen MR) is 111 cm³/mol. The van der Waals surface area contributed by atoms with E-state index in [1.54, 1.807) is 30.0 Å². The highest BCUT2D eigenvalue weighted by atomic mass is 19.1. The van der Waals surface area contributed by atoms with E-state index in [2.05, 4.69) is 5.32 Å². The van der Waals surface area contributed by atoms with Crippen molar-refractivity contribution in [3.63, 3.8) is 0 Å². The number of ether oxygens (including phenoxy) is 1. The molecule has 1 aliphatic heterocycles. The summed E-state index contributed by atoms with van der Waals surface area (Å²) in [6, 6.07) is 10.6. The van der Waals surface area contributed by atoms with Gasteiger partial charge in [-0.25, -0.2) is 9.18 Å².